The Bertz CT molecular complexity index is 1620. The number of carbonyl (C=O) groups excluding carboxylic acids is 3. The standard InChI is InChI=1S/C20H21ClN2O4.C15H14ClNO2/c1-26-19(24)15-7-8-16(18(21)13-15)14-23(17-5-3-2-4-6-17)20(25)22-9-11-27-12-10-22;1-19-15(18)11-7-8-12(14(16)9-11)10-17-13-5-3-2-4-6-13/h2-8,13H,9-12,14H2,1H3;2-9,17H,10H2,1H3. The number of nitrogens with one attached hydrogen (secondary N) is 1. The highest BCUT2D eigenvalue weighted by molar-refractivity contribution is 6.32. The minimum absolute atomic E-state index is 0.0994. The molecule has 2 amide bonds. The van der Waals surface area contributed by atoms with Gasteiger partial charge in [0.2, 0.25) is 0 Å². The number of rotatable bonds is 8. The number of hydrogen-bond donors (Lipinski definition) is 1. The van der Waals surface area contributed by atoms with Gasteiger partial charge in [-0.1, -0.05) is 71.7 Å². The molecule has 4 aromatic carbocycles. The van der Waals surface area contributed by atoms with Gasteiger partial charge in [0, 0.05) is 41.1 Å². The van der Waals surface area contributed by atoms with Crippen LogP contribution in [0.3, 0.4) is 0 Å². The van der Waals surface area contributed by atoms with E-state index in [1.165, 1.54) is 14.2 Å². The maximum atomic E-state index is 13.1. The molecule has 1 aliphatic heterocycles. The minimum atomic E-state index is -0.451. The van der Waals surface area contributed by atoms with E-state index in [0.717, 1.165) is 22.5 Å². The maximum Gasteiger partial charge on any atom is 0.337 e. The average molecular weight is 665 g/mol. The van der Waals surface area contributed by atoms with Gasteiger partial charge in [-0.05, 0) is 59.7 Å². The van der Waals surface area contributed by atoms with Crippen LogP contribution in [0, 0.1) is 0 Å². The number of benzene rings is 4. The van der Waals surface area contributed by atoms with Gasteiger partial charge in [0.1, 0.15) is 0 Å². The average Bonchev–Trinajstić information content (AvgIpc) is 3.11. The number of urea groups is 1. The van der Waals surface area contributed by atoms with Gasteiger partial charge >= 0.3 is 18.0 Å². The number of halogens is 2. The van der Waals surface area contributed by atoms with Gasteiger partial charge in [-0.2, -0.15) is 0 Å². The van der Waals surface area contributed by atoms with Gasteiger partial charge in [-0.3, -0.25) is 4.90 Å². The minimum Gasteiger partial charge on any atom is -0.465 e. The van der Waals surface area contributed by atoms with Crippen molar-refractivity contribution in [3.05, 3.63) is 129 Å². The lowest BCUT2D eigenvalue weighted by Crippen LogP contribution is -2.48. The molecule has 1 heterocycles. The molecule has 0 unspecified atom stereocenters. The zero-order chi connectivity index (χ0) is 32.9. The predicted molar refractivity (Wildman–Crippen MR) is 180 cm³/mol. The van der Waals surface area contributed by atoms with Crippen molar-refractivity contribution < 1.29 is 28.6 Å². The quantitative estimate of drug-likeness (QED) is 0.197. The van der Waals surface area contributed by atoms with Gasteiger partial charge in [0.25, 0.3) is 0 Å². The zero-order valence-electron chi connectivity index (χ0n) is 25.6. The first kappa shape index (κ1) is 34.3. The Balaban J connectivity index is 0.000000222. The van der Waals surface area contributed by atoms with Gasteiger partial charge < -0.3 is 24.4 Å². The molecule has 1 aliphatic rings. The molecular formula is C35H35Cl2N3O6. The van der Waals surface area contributed by atoms with Crippen molar-refractivity contribution in [2.24, 2.45) is 0 Å². The third kappa shape index (κ3) is 9.47. The highest BCUT2D eigenvalue weighted by Crippen LogP contribution is 2.25. The highest BCUT2D eigenvalue weighted by atomic mass is 35.5. The number of anilines is 2. The highest BCUT2D eigenvalue weighted by Gasteiger charge is 2.25. The van der Waals surface area contributed by atoms with Crippen molar-refractivity contribution in [2.45, 2.75) is 13.1 Å². The fraction of sp³-hybridized carbons (Fsp3) is 0.229. The number of amides is 2. The third-order valence-corrected chi connectivity index (χ3v) is 7.82. The lowest BCUT2D eigenvalue weighted by molar-refractivity contribution is 0.0548. The van der Waals surface area contributed by atoms with Gasteiger partial charge in [0.05, 0.1) is 45.1 Å². The SMILES string of the molecule is COC(=O)c1ccc(CN(C(=O)N2CCOCC2)c2ccccc2)c(Cl)c1.COC(=O)c1ccc(CNc2ccccc2)c(Cl)c1. The first-order valence-corrected chi connectivity index (χ1v) is 15.3. The number of esters is 2. The Hall–Kier alpha value is -4.57. The molecule has 46 heavy (non-hydrogen) atoms. The third-order valence-electron chi connectivity index (χ3n) is 7.11. The van der Waals surface area contributed by atoms with Crippen molar-refractivity contribution in [3.8, 4) is 0 Å². The summed E-state index contributed by atoms with van der Waals surface area (Å²) in [6, 6.07) is 29.3. The van der Waals surface area contributed by atoms with E-state index in [1.54, 1.807) is 40.1 Å². The molecule has 9 nitrogen and oxygen atoms in total. The number of para-hydroxylation sites is 2. The second kappa shape index (κ2) is 17.2. The Morgan fingerprint density at radius 1 is 0.761 bits per heavy atom. The summed E-state index contributed by atoms with van der Waals surface area (Å²) in [4.78, 5) is 39.6. The van der Waals surface area contributed by atoms with Crippen LogP contribution >= 0.6 is 23.2 Å². The summed E-state index contributed by atoms with van der Waals surface area (Å²) in [6.45, 7) is 3.06. The fourth-order valence-electron chi connectivity index (χ4n) is 4.58. The van der Waals surface area contributed by atoms with Crippen molar-refractivity contribution in [2.75, 3.05) is 50.7 Å². The molecular weight excluding hydrogens is 629 g/mol. The number of ether oxygens (including phenoxy) is 3. The van der Waals surface area contributed by atoms with E-state index in [-0.39, 0.29) is 12.0 Å². The summed E-state index contributed by atoms with van der Waals surface area (Å²) in [5.41, 5.74) is 4.30. The Labute approximate surface area is 278 Å². The molecule has 0 atom stereocenters. The zero-order valence-corrected chi connectivity index (χ0v) is 27.1. The van der Waals surface area contributed by atoms with E-state index in [2.05, 4.69) is 10.1 Å². The molecule has 240 valence electrons. The summed E-state index contributed by atoms with van der Waals surface area (Å²) in [6.07, 6.45) is 0. The Kier molecular flexibility index (Phi) is 12.8. The summed E-state index contributed by atoms with van der Waals surface area (Å²) in [5.74, 6) is -0.836. The molecule has 1 saturated heterocycles. The number of nitrogens with zero attached hydrogens (tertiary/aromatic N) is 2. The molecule has 0 bridgehead atoms. The second-order valence-electron chi connectivity index (χ2n) is 10.1. The van der Waals surface area contributed by atoms with Crippen LogP contribution in [0.5, 0.6) is 0 Å². The first-order chi connectivity index (χ1) is 22.3. The number of methoxy groups -OCH3 is 2. The summed E-state index contributed by atoms with van der Waals surface area (Å²) in [5, 5.41) is 4.22. The molecule has 4 aromatic rings. The molecule has 0 spiro atoms. The van der Waals surface area contributed by atoms with Crippen LogP contribution in [0.2, 0.25) is 10.0 Å². The van der Waals surface area contributed by atoms with E-state index in [1.807, 2.05) is 66.7 Å². The van der Waals surface area contributed by atoms with Crippen LogP contribution in [0.25, 0.3) is 0 Å². The lowest BCUT2D eigenvalue weighted by Gasteiger charge is -2.33. The van der Waals surface area contributed by atoms with Crippen LogP contribution < -0.4 is 10.2 Å². The molecule has 0 aromatic heterocycles. The molecule has 0 saturated carbocycles. The van der Waals surface area contributed by atoms with Crippen LogP contribution in [-0.4, -0.2) is 63.4 Å². The smallest absolute Gasteiger partial charge is 0.337 e. The normalized spacial score (nSPS) is 12.3. The van der Waals surface area contributed by atoms with Gasteiger partial charge in [0.15, 0.2) is 0 Å². The molecule has 11 heteroatoms. The monoisotopic (exact) mass is 663 g/mol. The van der Waals surface area contributed by atoms with E-state index in [9.17, 15) is 14.4 Å². The number of carbonyl (C=O) groups is 3. The molecule has 0 aliphatic carbocycles. The van der Waals surface area contributed by atoms with E-state index < -0.39 is 5.97 Å². The van der Waals surface area contributed by atoms with Crippen molar-refractivity contribution in [3.63, 3.8) is 0 Å². The lowest BCUT2D eigenvalue weighted by atomic mass is 10.1. The molecule has 0 radical (unpaired) electrons. The van der Waals surface area contributed by atoms with E-state index in [4.69, 9.17) is 32.7 Å². The van der Waals surface area contributed by atoms with Crippen molar-refractivity contribution in [1.82, 2.24) is 4.90 Å². The molecule has 1 fully saturated rings. The molecule has 1 N–H and O–H groups in total. The van der Waals surface area contributed by atoms with Crippen molar-refractivity contribution >= 4 is 52.5 Å². The largest absolute Gasteiger partial charge is 0.465 e. The maximum absolute atomic E-state index is 13.1. The first-order valence-electron chi connectivity index (χ1n) is 14.5. The Morgan fingerprint density at radius 2 is 1.28 bits per heavy atom. The summed E-state index contributed by atoms with van der Waals surface area (Å²) >= 11 is 12.5. The summed E-state index contributed by atoms with van der Waals surface area (Å²) < 4.78 is 14.7. The molecule has 5 rings (SSSR count). The summed E-state index contributed by atoms with van der Waals surface area (Å²) in [7, 11) is 2.67. The van der Waals surface area contributed by atoms with E-state index >= 15 is 0 Å². The van der Waals surface area contributed by atoms with Crippen LogP contribution in [0.4, 0.5) is 16.2 Å². The van der Waals surface area contributed by atoms with Crippen LogP contribution in [-0.2, 0) is 27.3 Å². The van der Waals surface area contributed by atoms with Crippen molar-refractivity contribution in [1.29, 1.82) is 0 Å². The van der Waals surface area contributed by atoms with Gasteiger partial charge in [-0.15, -0.1) is 0 Å². The number of hydrogen-bond acceptors (Lipinski definition) is 7. The fourth-order valence-corrected chi connectivity index (χ4v) is 5.07. The number of morpholine rings is 1. The van der Waals surface area contributed by atoms with Crippen LogP contribution in [0.1, 0.15) is 31.8 Å². The predicted octanol–water partition coefficient (Wildman–Crippen LogP) is 7.32. The van der Waals surface area contributed by atoms with Gasteiger partial charge in [-0.25, -0.2) is 14.4 Å². The second-order valence-corrected chi connectivity index (χ2v) is 10.9. The Morgan fingerprint density at radius 3 is 1.80 bits per heavy atom. The topological polar surface area (TPSA) is 97.4 Å². The van der Waals surface area contributed by atoms with Crippen LogP contribution in [0.15, 0.2) is 97.1 Å². The van der Waals surface area contributed by atoms with E-state index in [0.29, 0.717) is 60.6 Å².